The molecule has 0 saturated carbocycles. The molecule has 0 aliphatic heterocycles. The molecule has 4 N–H and O–H groups in total. The van der Waals surface area contributed by atoms with Crippen LogP contribution in [-0.2, 0) is 4.79 Å². The van der Waals surface area contributed by atoms with Crippen molar-refractivity contribution in [3.05, 3.63) is 48.0 Å². The first-order valence-corrected chi connectivity index (χ1v) is 9.04. The van der Waals surface area contributed by atoms with Gasteiger partial charge >= 0.3 is 5.97 Å². The summed E-state index contributed by atoms with van der Waals surface area (Å²) in [7, 11) is 1.66. The summed E-state index contributed by atoms with van der Waals surface area (Å²) >= 11 is 0. The van der Waals surface area contributed by atoms with Crippen LogP contribution in [0.15, 0.2) is 36.7 Å². The van der Waals surface area contributed by atoms with E-state index in [0.717, 1.165) is 5.56 Å². The van der Waals surface area contributed by atoms with Gasteiger partial charge in [-0.2, -0.15) is 0 Å². The molecule has 3 aromatic rings. The molecule has 2 heterocycles. The number of hydrogen-bond acceptors (Lipinski definition) is 7. The number of aliphatic hydroxyl groups is 2. The number of aliphatic hydroxyl groups excluding tert-OH is 2. The lowest BCUT2D eigenvalue weighted by molar-refractivity contribution is -0.152. The van der Waals surface area contributed by atoms with Crippen LogP contribution in [0.5, 0.6) is 0 Å². The molecule has 0 aliphatic carbocycles. The second kappa shape index (κ2) is 8.68. The summed E-state index contributed by atoms with van der Waals surface area (Å²) in [5.74, 6) is 4.10. The minimum atomic E-state index is -1.55. The van der Waals surface area contributed by atoms with E-state index in [4.69, 9.17) is 0 Å². The Kier molecular flexibility index (Phi) is 6.07. The van der Waals surface area contributed by atoms with Gasteiger partial charge < -0.3 is 20.6 Å². The Morgan fingerprint density at radius 3 is 2.55 bits per heavy atom. The van der Waals surface area contributed by atoms with E-state index in [-0.39, 0.29) is 17.9 Å². The van der Waals surface area contributed by atoms with Gasteiger partial charge in [0.25, 0.3) is 0 Å². The van der Waals surface area contributed by atoms with Crippen LogP contribution in [0.25, 0.3) is 11.2 Å². The fourth-order valence-corrected chi connectivity index (χ4v) is 2.92. The summed E-state index contributed by atoms with van der Waals surface area (Å²) in [5.41, 5.74) is 1.39. The van der Waals surface area contributed by atoms with E-state index in [9.17, 15) is 20.1 Å². The Morgan fingerprint density at radius 1 is 1.21 bits per heavy atom. The number of nitrogens with zero attached hydrogens (tertiary/aromatic N) is 4. The normalized spacial score (nSPS) is 13.9. The van der Waals surface area contributed by atoms with Crippen molar-refractivity contribution in [3.63, 3.8) is 0 Å². The maximum atomic E-state index is 11.3. The highest BCUT2D eigenvalue weighted by atomic mass is 16.4. The zero-order valence-corrected chi connectivity index (χ0v) is 15.9. The highest BCUT2D eigenvalue weighted by molar-refractivity contribution is 5.83. The molecule has 0 amide bonds. The molecule has 3 atom stereocenters. The first kappa shape index (κ1) is 20.3. The summed E-state index contributed by atoms with van der Waals surface area (Å²) < 4.78 is 1.22. The highest BCUT2D eigenvalue weighted by Crippen LogP contribution is 2.25. The molecule has 9 nitrogen and oxygen atoms in total. The SMILES string of the molecule is CC[C@H](C(=O)O)[C@@H](O)[C@@H](O)n1cnc2c(NC)nc(C#Cc3ccccc3)nc21. The Morgan fingerprint density at radius 2 is 1.93 bits per heavy atom. The number of carboxylic acid groups (broad SMARTS) is 1. The molecule has 150 valence electrons. The number of aliphatic carboxylic acids is 1. The van der Waals surface area contributed by atoms with Crippen molar-refractivity contribution in [1.82, 2.24) is 19.5 Å². The number of aromatic nitrogens is 4. The van der Waals surface area contributed by atoms with Crippen molar-refractivity contribution < 1.29 is 20.1 Å². The number of benzene rings is 1. The molecule has 0 saturated heterocycles. The molecule has 9 heteroatoms. The van der Waals surface area contributed by atoms with E-state index in [2.05, 4.69) is 32.1 Å². The van der Waals surface area contributed by atoms with Gasteiger partial charge in [-0.25, -0.2) is 15.0 Å². The number of carbonyl (C=O) groups is 1. The van der Waals surface area contributed by atoms with Gasteiger partial charge in [0.2, 0.25) is 5.82 Å². The van der Waals surface area contributed by atoms with Gasteiger partial charge in [-0.1, -0.05) is 31.0 Å². The zero-order valence-electron chi connectivity index (χ0n) is 15.9. The largest absolute Gasteiger partial charge is 0.481 e. The third kappa shape index (κ3) is 4.18. The summed E-state index contributed by atoms with van der Waals surface area (Å²) in [4.78, 5) is 24.2. The van der Waals surface area contributed by atoms with E-state index in [1.165, 1.54) is 10.9 Å². The Balaban J connectivity index is 2.04. The van der Waals surface area contributed by atoms with Crippen molar-refractivity contribution in [2.24, 2.45) is 5.92 Å². The first-order valence-electron chi connectivity index (χ1n) is 9.04. The van der Waals surface area contributed by atoms with Crippen molar-refractivity contribution in [1.29, 1.82) is 0 Å². The summed E-state index contributed by atoms with van der Waals surface area (Å²) in [6, 6.07) is 9.33. The van der Waals surface area contributed by atoms with Crippen molar-refractivity contribution in [2.45, 2.75) is 25.7 Å². The van der Waals surface area contributed by atoms with Crippen molar-refractivity contribution in [3.8, 4) is 11.8 Å². The minimum Gasteiger partial charge on any atom is -0.481 e. The van der Waals surface area contributed by atoms with Gasteiger partial charge in [-0.3, -0.25) is 9.36 Å². The second-order valence-electron chi connectivity index (χ2n) is 6.34. The zero-order chi connectivity index (χ0) is 21.0. The number of rotatable bonds is 6. The van der Waals surface area contributed by atoms with E-state index >= 15 is 0 Å². The fraction of sp³-hybridized carbons (Fsp3) is 0.300. The molecule has 3 rings (SSSR count). The Bertz CT molecular complexity index is 1070. The smallest absolute Gasteiger partial charge is 0.309 e. The maximum Gasteiger partial charge on any atom is 0.309 e. The standard InChI is InChI=1S/C20H21N5O4/c1-3-13(20(28)29)16(26)19(27)25-11-22-15-17(21-2)23-14(24-18(15)25)10-9-12-7-5-4-6-8-12/h4-8,11,13,16,19,26-27H,3H2,1-2H3,(H,28,29)(H,21,23,24)/t13-,16+,19+/m0/s1. The average molecular weight is 395 g/mol. The molecular formula is C20H21N5O4. The summed E-state index contributed by atoms with van der Waals surface area (Å²) in [5, 5.41) is 33.1. The Hall–Kier alpha value is -3.48. The average Bonchev–Trinajstić information content (AvgIpc) is 3.16. The third-order valence-electron chi connectivity index (χ3n) is 4.51. The molecular weight excluding hydrogens is 374 g/mol. The lowest BCUT2D eigenvalue weighted by Crippen LogP contribution is -2.35. The highest BCUT2D eigenvalue weighted by Gasteiger charge is 2.32. The van der Waals surface area contributed by atoms with Crippen LogP contribution in [-0.4, -0.2) is 54.0 Å². The predicted octanol–water partition coefficient (Wildman–Crippen LogP) is 1.23. The first-order chi connectivity index (χ1) is 14.0. The van der Waals surface area contributed by atoms with Crippen molar-refractivity contribution in [2.75, 3.05) is 12.4 Å². The number of anilines is 1. The molecule has 0 aliphatic rings. The van der Waals surface area contributed by atoms with Gasteiger partial charge in [0.15, 0.2) is 23.2 Å². The predicted molar refractivity (Wildman–Crippen MR) is 106 cm³/mol. The molecule has 0 radical (unpaired) electrons. The van der Waals surface area contributed by atoms with Crippen LogP contribution in [0.1, 0.15) is 31.0 Å². The Labute approximate surface area is 167 Å². The summed E-state index contributed by atoms with van der Waals surface area (Å²) in [6.45, 7) is 1.62. The van der Waals surface area contributed by atoms with Crippen LogP contribution in [0.3, 0.4) is 0 Å². The summed E-state index contributed by atoms with van der Waals surface area (Å²) in [6.07, 6.45) is -1.64. The van der Waals surface area contributed by atoms with E-state index in [1.807, 2.05) is 30.3 Å². The van der Waals surface area contributed by atoms with Crippen LogP contribution in [0.4, 0.5) is 5.82 Å². The number of fused-ring (bicyclic) bond motifs is 1. The molecule has 2 aromatic heterocycles. The van der Waals surface area contributed by atoms with Crippen LogP contribution in [0.2, 0.25) is 0 Å². The minimum absolute atomic E-state index is 0.157. The van der Waals surface area contributed by atoms with E-state index in [1.54, 1.807) is 14.0 Å². The van der Waals surface area contributed by atoms with Gasteiger partial charge in [0, 0.05) is 12.6 Å². The monoisotopic (exact) mass is 395 g/mol. The molecule has 29 heavy (non-hydrogen) atoms. The van der Waals surface area contributed by atoms with Gasteiger partial charge in [-0.15, -0.1) is 0 Å². The lowest BCUT2D eigenvalue weighted by atomic mass is 9.98. The lowest BCUT2D eigenvalue weighted by Gasteiger charge is -2.23. The number of carboxylic acids is 1. The van der Waals surface area contributed by atoms with Crippen LogP contribution < -0.4 is 5.32 Å². The van der Waals surface area contributed by atoms with E-state index in [0.29, 0.717) is 11.3 Å². The number of hydrogen-bond donors (Lipinski definition) is 4. The van der Waals surface area contributed by atoms with Crippen LogP contribution in [0, 0.1) is 17.8 Å². The molecule has 0 unspecified atom stereocenters. The molecule has 0 bridgehead atoms. The van der Waals surface area contributed by atoms with Crippen LogP contribution >= 0.6 is 0 Å². The van der Waals surface area contributed by atoms with Gasteiger partial charge in [0.05, 0.1) is 12.2 Å². The molecule has 1 aromatic carbocycles. The van der Waals surface area contributed by atoms with Crippen molar-refractivity contribution >= 4 is 23.0 Å². The third-order valence-corrected chi connectivity index (χ3v) is 4.51. The van der Waals surface area contributed by atoms with Gasteiger partial charge in [0.1, 0.15) is 6.10 Å². The topological polar surface area (TPSA) is 133 Å². The van der Waals surface area contributed by atoms with E-state index < -0.39 is 24.2 Å². The number of nitrogens with one attached hydrogen (secondary N) is 1. The molecule has 0 fully saturated rings. The molecule has 0 spiro atoms. The van der Waals surface area contributed by atoms with Gasteiger partial charge in [-0.05, 0) is 24.5 Å². The fourth-order valence-electron chi connectivity index (χ4n) is 2.92. The number of imidazole rings is 1. The maximum absolute atomic E-state index is 11.3. The quantitative estimate of drug-likeness (QED) is 0.458. The second-order valence-corrected chi connectivity index (χ2v) is 6.34.